The molecule has 8 nitrogen and oxygen atoms in total. The van der Waals surface area contributed by atoms with Gasteiger partial charge in [-0.25, -0.2) is 9.50 Å². The van der Waals surface area contributed by atoms with Crippen LogP contribution in [0.4, 0.5) is 18.9 Å². The first kappa shape index (κ1) is 25.7. The standard InChI is InChI=1S/C26H23ClF3N5O3/c1-37-21-7-6-16(12-22(21)38-2)19-14-23(26(28,29)30)35-24(31-19)15-20(32-35)25(36)34-10-8-33(9-11-34)18-5-3-4-17(27)13-18/h3-7,12-15H,8-11H2,1-2H3. The molecule has 1 aliphatic rings. The van der Waals surface area contributed by atoms with E-state index in [4.69, 9.17) is 21.1 Å². The minimum Gasteiger partial charge on any atom is -0.493 e. The van der Waals surface area contributed by atoms with Crippen molar-refractivity contribution >= 4 is 28.8 Å². The average Bonchev–Trinajstić information content (AvgIpc) is 3.35. The van der Waals surface area contributed by atoms with Crippen molar-refractivity contribution in [3.05, 3.63) is 71.0 Å². The maximum atomic E-state index is 14.0. The second-order valence-corrected chi connectivity index (χ2v) is 9.09. The van der Waals surface area contributed by atoms with E-state index in [0.717, 1.165) is 11.8 Å². The number of piperazine rings is 1. The molecule has 1 amide bonds. The zero-order valence-electron chi connectivity index (χ0n) is 20.5. The van der Waals surface area contributed by atoms with E-state index in [2.05, 4.69) is 15.0 Å². The van der Waals surface area contributed by atoms with Gasteiger partial charge in [0.2, 0.25) is 0 Å². The molecule has 0 atom stereocenters. The van der Waals surface area contributed by atoms with Gasteiger partial charge in [-0.15, -0.1) is 0 Å². The summed E-state index contributed by atoms with van der Waals surface area (Å²) in [5, 5.41) is 4.62. The lowest BCUT2D eigenvalue weighted by Crippen LogP contribution is -2.48. The van der Waals surface area contributed by atoms with E-state index in [9.17, 15) is 18.0 Å². The van der Waals surface area contributed by atoms with Crippen molar-refractivity contribution in [2.45, 2.75) is 6.18 Å². The SMILES string of the molecule is COc1ccc(-c2cc(C(F)(F)F)n3nc(C(=O)N4CCN(c5cccc(Cl)c5)CC4)cc3n2)cc1OC. The van der Waals surface area contributed by atoms with Crippen molar-refractivity contribution in [1.29, 1.82) is 0 Å². The summed E-state index contributed by atoms with van der Waals surface area (Å²) in [6, 6.07) is 14.3. The van der Waals surface area contributed by atoms with Gasteiger partial charge in [0.15, 0.2) is 28.5 Å². The summed E-state index contributed by atoms with van der Waals surface area (Å²) < 4.78 is 53.2. The quantitative estimate of drug-likeness (QED) is 0.350. The summed E-state index contributed by atoms with van der Waals surface area (Å²) in [4.78, 5) is 21.2. The van der Waals surface area contributed by atoms with Crippen LogP contribution in [0, 0.1) is 0 Å². The molecule has 0 N–H and O–H groups in total. The third-order valence-corrected chi connectivity index (χ3v) is 6.59. The van der Waals surface area contributed by atoms with E-state index in [1.165, 1.54) is 20.3 Å². The van der Waals surface area contributed by atoms with Gasteiger partial charge in [-0.1, -0.05) is 17.7 Å². The number of carbonyl (C=O) groups is 1. The summed E-state index contributed by atoms with van der Waals surface area (Å²) in [6.07, 6.45) is -4.73. The molecule has 12 heteroatoms. The Balaban J connectivity index is 1.44. The van der Waals surface area contributed by atoms with Crippen LogP contribution >= 0.6 is 11.6 Å². The Morgan fingerprint density at radius 1 is 0.947 bits per heavy atom. The third kappa shape index (κ3) is 4.93. The fraction of sp³-hybridized carbons (Fsp3) is 0.269. The number of halogens is 4. The van der Waals surface area contributed by atoms with Crippen molar-refractivity contribution in [2.24, 2.45) is 0 Å². The number of aromatic nitrogens is 3. The average molecular weight is 546 g/mol. The van der Waals surface area contributed by atoms with Gasteiger partial charge in [-0.3, -0.25) is 4.79 Å². The van der Waals surface area contributed by atoms with E-state index >= 15 is 0 Å². The first-order valence-electron chi connectivity index (χ1n) is 11.7. The van der Waals surface area contributed by atoms with E-state index < -0.39 is 17.8 Å². The van der Waals surface area contributed by atoms with Crippen molar-refractivity contribution in [3.63, 3.8) is 0 Å². The van der Waals surface area contributed by atoms with E-state index in [1.54, 1.807) is 29.2 Å². The molecule has 0 saturated carbocycles. The van der Waals surface area contributed by atoms with Crippen molar-refractivity contribution in [1.82, 2.24) is 19.5 Å². The van der Waals surface area contributed by atoms with Crippen LogP contribution in [-0.2, 0) is 6.18 Å². The number of anilines is 1. The monoisotopic (exact) mass is 545 g/mol. The molecule has 0 bridgehead atoms. The first-order chi connectivity index (χ1) is 18.2. The van der Waals surface area contributed by atoms with E-state index in [-0.39, 0.29) is 17.0 Å². The maximum absolute atomic E-state index is 14.0. The number of carbonyl (C=O) groups excluding carboxylic acids is 1. The molecule has 0 unspecified atom stereocenters. The number of hydrogen-bond donors (Lipinski definition) is 0. The summed E-state index contributed by atoms with van der Waals surface area (Å²) in [6.45, 7) is 1.87. The van der Waals surface area contributed by atoms with Gasteiger partial charge in [0, 0.05) is 48.5 Å². The van der Waals surface area contributed by atoms with Crippen molar-refractivity contribution < 1.29 is 27.4 Å². The summed E-state index contributed by atoms with van der Waals surface area (Å²) in [5.41, 5.74) is 0.145. The van der Waals surface area contributed by atoms with E-state index in [1.807, 2.05) is 18.2 Å². The number of alkyl halides is 3. The highest BCUT2D eigenvalue weighted by atomic mass is 35.5. The van der Waals surface area contributed by atoms with Crippen LogP contribution in [-0.4, -0.2) is 65.8 Å². The molecule has 2 aromatic heterocycles. The molecule has 2 aromatic carbocycles. The molecule has 198 valence electrons. The fourth-order valence-electron chi connectivity index (χ4n) is 4.43. The van der Waals surface area contributed by atoms with Crippen LogP contribution in [0.15, 0.2) is 54.6 Å². The largest absolute Gasteiger partial charge is 0.493 e. The number of rotatable bonds is 5. The predicted molar refractivity (Wildman–Crippen MR) is 136 cm³/mol. The zero-order chi connectivity index (χ0) is 27.0. The van der Waals surface area contributed by atoms with Crippen LogP contribution in [0.2, 0.25) is 5.02 Å². The number of amides is 1. The Morgan fingerprint density at radius 2 is 1.68 bits per heavy atom. The Bertz CT molecular complexity index is 1500. The maximum Gasteiger partial charge on any atom is 0.433 e. The predicted octanol–water partition coefficient (Wildman–Crippen LogP) is 5.05. The Kier molecular flexibility index (Phi) is 6.78. The normalized spacial score (nSPS) is 14.2. The number of methoxy groups -OCH3 is 2. The van der Waals surface area contributed by atoms with Crippen LogP contribution in [0.3, 0.4) is 0 Å². The fourth-order valence-corrected chi connectivity index (χ4v) is 4.61. The molecule has 5 rings (SSSR count). The molecule has 4 aromatic rings. The molecular formula is C26H23ClF3N5O3. The van der Waals surface area contributed by atoms with Gasteiger partial charge < -0.3 is 19.3 Å². The first-order valence-corrected chi connectivity index (χ1v) is 12.1. The van der Waals surface area contributed by atoms with Crippen LogP contribution in [0.1, 0.15) is 16.2 Å². The molecule has 0 aliphatic carbocycles. The van der Waals surface area contributed by atoms with Gasteiger partial charge in [0.25, 0.3) is 5.91 Å². The van der Waals surface area contributed by atoms with Gasteiger partial charge in [-0.2, -0.15) is 18.3 Å². The van der Waals surface area contributed by atoms with Crippen molar-refractivity contribution in [2.75, 3.05) is 45.3 Å². The number of ether oxygens (including phenoxy) is 2. The van der Waals surface area contributed by atoms with Gasteiger partial charge in [0.1, 0.15) is 0 Å². The lowest BCUT2D eigenvalue weighted by atomic mass is 10.1. The molecule has 3 heterocycles. The lowest BCUT2D eigenvalue weighted by molar-refractivity contribution is -0.142. The van der Waals surface area contributed by atoms with E-state index in [0.29, 0.717) is 52.8 Å². The Labute approximate surface area is 221 Å². The van der Waals surface area contributed by atoms with Crippen LogP contribution in [0.25, 0.3) is 16.9 Å². The summed E-state index contributed by atoms with van der Waals surface area (Å²) in [5.74, 6) is 0.324. The second-order valence-electron chi connectivity index (χ2n) is 8.65. The molecule has 1 fully saturated rings. The molecular weight excluding hydrogens is 523 g/mol. The molecule has 0 radical (unpaired) electrons. The minimum atomic E-state index is -4.73. The number of hydrogen-bond acceptors (Lipinski definition) is 6. The lowest BCUT2D eigenvalue weighted by Gasteiger charge is -2.35. The highest BCUT2D eigenvalue weighted by molar-refractivity contribution is 6.30. The highest BCUT2D eigenvalue weighted by Crippen LogP contribution is 2.35. The number of benzene rings is 2. The van der Waals surface area contributed by atoms with Crippen LogP contribution < -0.4 is 14.4 Å². The third-order valence-electron chi connectivity index (χ3n) is 6.36. The molecule has 1 saturated heterocycles. The number of nitrogens with zero attached hydrogens (tertiary/aromatic N) is 5. The smallest absolute Gasteiger partial charge is 0.433 e. The second kappa shape index (κ2) is 10.1. The zero-order valence-corrected chi connectivity index (χ0v) is 21.3. The summed E-state index contributed by atoms with van der Waals surface area (Å²) in [7, 11) is 2.90. The molecule has 0 spiro atoms. The molecule has 1 aliphatic heterocycles. The van der Waals surface area contributed by atoms with Crippen molar-refractivity contribution in [3.8, 4) is 22.8 Å². The summed E-state index contributed by atoms with van der Waals surface area (Å²) >= 11 is 6.09. The highest BCUT2D eigenvalue weighted by Gasteiger charge is 2.36. The van der Waals surface area contributed by atoms with Gasteiger partial charge in [0.05, 0.1) is 19.9 Å². The van der Waals surface area contributed by atoms with Gasteiger partial charge >= 0.3 is 6.18 Å². The Morgan fingerprint density at radius 3 is 2.34 bits per heavy atom. The van der Waals surface area contributed by atoms with Crippen LogP contribution in [0.5, 0.6) is 11.5 Å². The molecule has 38 heavy (non-hydrogen) atoms. The Hall–Kier alpha value is -3.99. The topological polar surface area (TPSA) is 72.2 Å². The van der Waals surface area contributed by atoms with Gasteiger partial charge in [-0.05, 0) is 42.5 Å². The minimum absolute atomic E-state index is 0.0554. The number of fused-ring (bicyclic) bond motifs is 1.